The predicted octanol–water partition coefficient (Wildman–Crippen LogP) is 8.84. The molecule has 14 heteroatoms. The molecule has 1 amide bonds. The van der Waals surface area contributed by atoms with E-state index in [9.17, 15) is 32.3 Å². The molecule has 0 aliphatic rings. The van der Waals surface area contributed by atoms with Crippen LogP contribution < -0.4 is 10.1 Å². The number of carbonyl (C=O) groups is 1. The van der Waals surface area contributed by atoms with Crippen molar-refractivity contribution in [1.82, 2.24) is 5.32 Å². The van der Waals surface area contributed by atoms with Crippen LogP contribution in [0.25, 0.3) is 0 Å². The molecule has 3 N–H and O–H groups in total. The molecule has 0 aromatic heterocycles. The zero-order chi connectivity index (χ0) is 33.6. The van der Waals surface area contributed by atoms with E-state index < -0.39 is 41.7 Å². The molecular formula is C30H42ClF3NO7PS. The number of halogens is 4. The summed E-state index contributed by atoms with van der Waals surface area (Å²) in [6, 6.07) is 8.27. The number of methoxy groups -OCH3 is 1. The van der Waals surface area contributed by atoms with Crippen LogP contribution in [0.5, 0.6) is 5.75 Å². The first kappa shape index (κ1) is 38.2. The molecular weight excluding hydrogens is 642 g/mol. The minimum atomic E-state index is -4.55. The van der Waals surface area contributed by atoms with E-state index in [4.69, 9.17) is 25.8 Å². The topological polar surface area (TPSA) is 114 Å². The SMILES string of the molecule is CCC[C@](CCc1ccc(Sc2cc(C(F)(F)F)ccc2OCOC)cc1Cl)(CC(C)(C)P(=O)(O)O)NC(=O)OC(C)(C)C. The highest BCUT2D eigenvalue weighted by Gasteiger charge is 2.46. The van der Waals surface area contributed by atoms with Crippen molar-refractivity contribution in [3.8, 4) is 5.75 Å². The van der Waals surface area contributed by atoms with E-state index in [0.717, 1.165) is 23.9 Å². The van der Waals surface area contributed by atoms with Gasteiger partial charge in [0.1, 0.15) is 11.4 Å². The molecule has 0 aliphatic carbocycles. The average molecular weight is 684 g/mol. The van der Waals surface area contributed by atoms with Crippen molar-refractivity contribution in [2.75, 3.05) is 13.9 Å². The highest BCUT2D eigenvalue weighted by Crippen LogP contribution is 2.54. The monoisotopic (exact) mass is 683 g/mol. The van der Waals surface area contributed by atoms with Gasteiger partial charge in [0.15, 0.2) is 6.79 Å². The molecule has 1 atom stereocenters. The number of aryl methyl sites for hydroxylation is 1. The van der Waals surface area contributed by atoms with Gasteiger partial charge in [0.25, 0.3) is 0 Å². The van der Waals surface area contributed by atoms with E-state index in [2.05, 4.69) is 5.32 Å². The second-order valence-electron chi connectivity index (χ2n) is 12.3. The number of alkyl halides is 3. The maximum atomic E-state index is 13.4. The number of nitrogens with one attached hydrogen (secondary N) is 1. The molecule has 0 unspecified atom stereocenters. The van der Waals surface area contributed by atoms with Gasteiger partial charge in [-0.05, 0) is 96.2 Å². The van der Waals surface area contributed by atoms with Gasteiger partial charge in [0, 0.05) is 22.6 Å². The van der Waals surface area contributed by atoms with Gasteiger partial charge in [-0.2, -0.15) is 13.2 Å². The summed E-state index contributed by atoms with van der Waals surface area (Å²) in [6.07, 6.45) is -3.60. The third-order valence-electron chi connectivity index (χ3n) is 6.78. The first-order chi connectivity index (χ1) is 20.1. The molecule has 0 fully saturated rings. The molecule has 0 spiro atoms. The standard InChI is InChI=1S/C30H42ClF3NO7PS/c1-8-14-29(18-28(5,6)43(37,38)39,35-26(36)42-27(2,3)4)15-13-20-9-11-22(17-23(20)31)44-25-16-21(30(32,33)34)10-12-24(25)41-19-40-7/h9-12,16-17H,8,13-15,18-19H2,1-7H3,(H,35,36)(H2,37,38,39)/t29-/m0/s1. The lowest BCUT2D eigenvalue weighted by molar-refractivity contribution is -0.137. The van der Waals surface area contributed by atoms with Crippen molar-refractivity contribution in [3.63, 3.8) is 0 Å². The minimum Gasteiger partial charge on any atom is -0.466 e. The van der Waals surface area contributed by atoms with E-state index in [1.54, 1.807) is 39.0 Å². The highest BCUT2D eigenvalue weighted by atomic mass is 35.5. The summed E-state index contributed by atoms with van der Waals surface area (Å²) in [5.41, 5.74) is -1.96. The first-order valence-corrected chi connectivity index (χ1v) is 16.8. The van der Waals surface area contributed by atoms with Crippen LogP contribution in [0, 0.1) is 0 Å². The van der Waals surface area contributed by atoms with E-state index in [-0.39, 0.29) is 23.9 Å². The summed E-state index contributed by atoms with van der Waals surface area (Å²) in [6.45, 7) is 9.86. The maximum Gasteiger partial charge on any atom is 0.416 e. The number of amides is 1. The number of ether oxygens (including phenoxy) is 3. The Morgan fingerprint density at radius 1 is 1.05 bits per heavy atom. The number of alkyl carbamates (subject to hydrolysis) is 1. The molecule has 0 bridgehead atoms. The molecule has 8 nitrogen and oxygen atoms in total. The van der Waals surface area contributed by atoms with E-state index in [1.807, 2.05) is 6.92 Å². The Morgan fingerprint density at radius 2 is 1.70 bits per heavy atom. The van der Waals surface area contributed by atoms with E-state index >= 15 is 0 Å². The lowest BCUT2D eigenvalue weighted by atomic mass is 9.80. The summed E-state index contributed by atoms with van der Waals surface area (Å²) >= 11 is 7.69. The zero-order valence-corrected chi connectivity index (χ0v) is 28.5. The van der Waals surface area contributed by atoms with Gasteiger partial charge in [0.2, 0.25) is 0 Å². The van der Waals surface area contributed by atoms with E-state index in [0.29, 0.717) is 41.2 Å². The van der Waals surface area contributed by atoms with Crippen LogP contribution in [0.1, 0.15) is 78.4 Å². The molecule has 0 aliphatic heterocycles. The fourth-order valence-electron chi connectivity index (χ4n) is 4.70. The molecule has 0 heterocycles. The third-order valence-corrected chi connectivity index (χ3v) is 9.90. The summed E-state index contributed by atoms with van der Waals surface area (Å²) in [4.78, 5) is 33.9. The second kappa shape index (κ2) is 15.1. The molecule has 248 valence electrons. The molecule has 2 rings (SSSR count). The Morgan fingerprint density at radius 3 is 2.23 bits per heavy atom. The van der Waals surface area contributed by atoms with Crippen molar-refractivity contribution < 1.29 is 46.5 Å². The van der Waals surface area contributed by atoms with Crippen LogP contribution >= 0.6 is 31.0 Å². The van der Waals surface area contributed by atoms with Crippen LogP contribution in [-0.2, 0) is 26.6 Å². The van der Waals surface area contributed by atoms with Crippen molar-refractivity contribution >= 4 is 37.1 Å². The molecule has 0 radical (unpaired) electrons. The smallest absolute Gasteiger partial charge is 0.416 e. The van der Waals surface area contributed by atoms with Crippen LogP contribution in [-0.4, -0.2) is 46.1 Å². The van der Waals surface area contributed by atoms with Crippen LogP contribution in [0.15, 0.2) is 46.2 Å². The Hall–Kier alpha value is -1.95. The van der Waals surface area contributed by atoms with Crippen molar-refractivity contribution in [3.05, 3.63) is 52.5 Å². The summed E-state index contributed by atoms with van der Waals surface area (Å²) in [5, 5.41) is 1.82. The summed E-state index contributed by atoms with van der Waals surface area (Å²) < 4.78 is 68.4. The predicted molar refractivity (Wildman–Crippen MR) is 166 cm³/mol. The normalized spacial score (nSPS) is 14.2. The number of hydrogen-bond acceptors (Lipinski definition) is 6. The van der Waals surface area contributed by atoms with Gasteiger partial charge in [-0.1, -0.05) is 42.8 Å². The Kier molecular flexibility index (Phi) is 13.1. The third kappa shape index (κ3) is 11.4. The van der Waals surface area contributed by atoms with Gasteiger partial charge in [-0.25, -0.2) is 4.79 Å². The number of hydrogen-bond donors (Lipinski definition) is 3. The number of rotatable bonds is 14. The summed E-state index contributed by atoms with van der Waals surface area (Å²) in [7, 11) is -3.15. The lowest BCUT2D eigenvalue weighted by Crippen LogP contribution is -2.53. The average Bonchev–Trinajstić information content (AvgIpc) is 2.85. The molecule has 2 aromatic carbocycles. The van der Waals surface area contributed by atoms with Crippen molar-refractivity contribution in [1.29, 1.82) is 0 Å². The van der Waals surface area contributed by atoms with Gasteiger partial charge in [0.05, 0.1) is 15.6 Å². The van der Waals surface area contributed by atoms with E-state index in [1.165, 1.54) is 27.0 Å². The van der Waals surface area contributed by atoms with Crippen molar-refractivity contribution in [2.24, 2.45) is 0 Å². The van der Waals surface area contributed by atoms with Gasteiger partial charge < -0.3 is 29.3 Å². The highest BCUT2D eigenvalue weighted by molar-refractivity contribution is 7.99. The van der Waals surface area contributed by atoms with Crippen LogP contribution in [0.2, 0.25) is 5.02 Å². The fraction of sp³-hybridized carbons (Fsp3) is 0.567. The number of benzene rings is 2. The second-order valence-corrected chi connectivity index (χ2v) is 16.1. The first-order valence-electron chi connectivity index (χ1n) is 14.0. The fourth-order valence-corrected chi connectivity index (χ4v) is 6.53. The molecule has 0 saturated heterocycles. The minimum absolute atomic E-state index is 0.0251. The Balaban J connectivity index is 2.39. The summed E-state index contributed by atoms with van der Waals surface area (Å²) in [5.74, 6) is 0.218. The quantitative estimate of drug-likeness (QED) is 0.134. The van der Waals surface area contributed by atoms with Crippen LogP contribution in [0.4, 0.5) is 18.0 Å². The Labute approximate surface area is 266 Å². The van der Waals surface area contributed by atoms with Gasteiger partial charge >= 0.3 is 19.9 Å². The molecule has 44 heavy (non-hydrogen) atoms. The van der Waals surface area contributed by atoms with Gasteiger partial charge in [-0.15, -0.1) is 0 Å². The lowest BCUT2D eigenvalue weighted by Gasteiger charge is -2.41. The largest absolute Gasteiger partial charge is 0.466 e. The van der Waals surface area contributed by atoms with Gasteiger partial charge in [-0.3, -0.25) is 4.57 Å². The Bertz CT molecular complexity index is 1330. The molecule has 0 saturated carbocycles. The zero-order valence-electron chi connectivity index (χ0n) is 26.0. The van der Waals surface area contributed by atoms with Crippen LogP contribution in [0.3, 0.4) is 0 Å². The molecule has 2 aromatic rings. The maximum absolute atomic E-state index is 13.4. The number of carbonyl (C=O) groups excluding carboxylic acids is 1. The van der Waals surface area contributed by atoms with Crippen molar-refractivity contribution in [2.45, 2.75) is 106 Å².